The molecule has 1 aliphatic heterocycles. The number of ether oxygens (including phenoxy) is 1. The molecular formula is C17H14FN5O. The summed E-state index contributed by atoms with van der Waals surface area (Å²) in [6, 6.07) is 13.8. The molecule has 1 atom stereocenters. The summed E-state index contributed by atoms with van der Waals surface area (Å²) < 4.78 is 20.1. The number of nitrogens with one attached hydrogen (secondary N) is 1. The summed E-state index contributed by atoms with van der Waals surface area (Å²) >= 11 is 0. The van der Waals surface area contributed by atoms with Gasteiger partial charge in [0.15, 0.2) is 0 Å². The number of halogens is 1. The monoisotopic (exact) mass is 323 g/mol. The summed E-state index contributed by atoms with van der Waals surface area (Å²) in [5.74, 6) is 1.05. The van der Waals surface area contributed by atoms with Crippen LogP contribution in [0.1, 0.15) is 17.2 Å². The van der Waals surface area contributed by atoms with Crippen LogP contribution in [0.5, 0.6) is 5.75 Å². The van der Waals surface area contributed by atoms with Crippen molar-refractivity contribution in [2.75, 3.05) is 12.4 Å². The number of anilines is 1. The van der Waals surface area contributed by atoms with Gasteiger partial charge in [-0.05, 0) is 64.0 Å². The summed E-state index contributed by atoms with van der Waals surface area (Å²) in [6.07, 6.45) is 2.01. The number of aromatic nitrogens is 4. The van der Waals surface area contributed by atoms with Gasteiger partial charge in [-0.15, -0.1) is 0 Å². The van der Waals surface area contributed by atoms with Crippen molar-refractivity contribution in [2.24, 2.45) is 0 Å². The first-order chi connectivity index (χ1) is 11.7. The third kappa shape index (κ3) is 2.50. The fraction of sp³-hybridized carbons (Fsp3) is 0.118. The number of tetrazole rings is 1. The topological polar surface area (TPSA) is 64.9 Å². The number of hydrogen-bond acceptors (Lipinski definition) is 5. The molecule has 0 saturated heterocycles. The molecule has 6 nitrogen and oxygen atoms in total. The third-order valence-corrected chi connectivity index (χ3v) is 3.94. The van der Waals surface area contributed by atoms with Crippen LogP contribution in [0.15, 0.2) is 54.6 Å². The highest BCUT2D eigenvalue weighted by Crippen LogP contribution is 2.32. The normalized spacial score (nSPS) is 16.1. The Morgan fingerprint density at radius 3 is 2.54 bits per heavy atom. The van der Waals surface area contributed by atoms with E-state index in [1.807, 2.05) is 30.3 Å². The quantitative estimate of drug-likeness (QED) is 0.803. The highest BCUT2D eigenvalue weighted by molar-refractivity contribution is 5.77. The van der Waals surface area contributed by atoms with Crippen molar-refractivity contribution in [2.45, 2.75) is 6.04 Å². The highest BCUT2D eigenvalue weighted by Gasteiger charge is 2.24. The lowest BCUT2D eigenvalue weighted by atomic mass is 10.0. The Bertz CT molecular complexity index is 886. The number of benzene rings is 2. The van der Waals surface area contributed by atoms with Crippen LogP contribution in [0.3, 0.4) is 0 Å². The maximum atomic E-state index is 13.2. The van der Waals surface area contributed by atoms with E-state index in [9.17, 15) is 4.39 Å². The molecule has 0 saturated carbocycles. The number of rotatable bonds is 3. The molecule has 0 spiro atoms. The Labute approximate surface area is 137 Å². The first-order valence-electron chi connectivity index (χ1n) is 7.41. The molecule has 0 bridgehead atoms. The number of hydrogen-bond donors (Lipinski definition) is 1. The molecule has 4 rings (SSSR count). The summed E-state index contributed by atoms with van der Waals surface area (Å²) in [5, 5.41) is 15.0. The molecule has 2 aromatic carbocycles. The molecule has 24 heavy (non-hydrogen) atoms. The molecule has 0 fully saturated rings. The van der Waals surface area contributed by atoms with Crippen molar-refractivity contribution in [3.63, 3.8) is 0 Å². The Hall–Kier alpha value is -3.22. The molecule has 0 radical (unpaired) electrons. The van der Waals surface area contributed by atoms with E-state index in [1.165, 1.54) is 12.1 Å². The molecule has 120 valence electrons. The molecule has 3 aromatic rings. The molecule has 1 aliphatic rings. The van der Waals surface area contributed by atoms with Crippen molar-refractivity contribution in [1.82, 2.24) is 20.2 Å². The second-order valence-corrected chi connectivity index (χ2v) is 5.38. The fourth-order valence-electron chi connectivity index (χ4n) is 2.69. The van der Waals surface area contributed by atoms with Crippen LogP contribution >= 0.6 is 0 Å². The fourth-order valence-corrected chi connectivity index (χ4v) is 2.69. The van der Waals surface area contributed by atoms with E-state index in [0.717, 1.165) is 22.6 Å². The number of allylic oxidation sites excluding steroid dienone is 1. The van der Waals surface area contributed by atoms with E-state index in [-0.39, 0.29) is 11.9 Å². The van der Waals surface area contributed by atoms with Crippen molar-refractivity contribution in [3.8, 4) is 5.75 Å². The smallest absolute Gasteiger partial charge is 0.248 e. The summed E-state index contributed by atoms with van der Waals surface area (Å²) in [4.78, 5) is 0. The average Bonchev–Trinajstić information content (AvgIpc) is 3.10. The highest BCUT2D eigenvalue weighted by atomic mass is 19.1. The minimum atomic E-state index is -0.274. The minimum absolute atomic E-state index is 0.214. The first kappa shape index (κ1) is 14.4. The van der Waals surface area contributed by atoms with Gasteiger partial charge in [-0.3, -0.25) is 0 Å². The molecule has 7 heteroatoms. The standard InChI is InChI=1S/C17H14FN5O/c1-24-14-8-4-11(5-9-14)15-10-16(12-2-6-13(18)7-3-12)23-17(19-15)20-21-22-23/h2-10,16H,1H3,(H,19,20,22)/t16-/m1/s1. The van der Waals surface area contributed by atoms with E-state index in [1.54, 1.807) is 23.9 Å². The van der Waals surface area contributed by atoms with Crippen molar-refractivity contribution >= 4 is 11.6 Å². The van der Waals surface area contributed by atoms with E-state index in [0.29, 0.717) is 5.95 Å². The average molecular weight is 323 g/mol. The molecule has 2 heterocycles. The molecule has 1 N–H and O–H groups in total. The van der Waals surface area contributed by atoms with Gasteiger partial charge in [-0.25, -0.2) is 4.39 Å². The number of methoxy groups -OCH3 is 1. The van der Waals surface area contributed by atoms with Gasteiger partial charge < -0.3 is 10.1 Å². The third-order valence-electron chi connectivity index (χ3n) is 3.94. The van der Waals surface area contributed by atoms with Gasteiger partial charge >= 0.3 is 0 Å². The zero-order valence-corrected chi connectivity index (χ0v) is 12.8. The van der Waals surface area contributed by atoms with Gasteiger partial charge in [-0.2, -0.15) is 4.68 Å². The van der Waals surface area contributed by atoms with Gasteiger partial charge in [0.05, 0.1) is 7.11 Å². The first-order valence-corrected chi connectivity index (χ1v) is 7.41. The predicted molar refractivity (Wildman–Crippen MR) is 86.9 cm³/mol. The van der Waals surface area contributed by atoms with Gasteiger partial charge in [0, 0.05) is 5.70 Å². The summed E-state index contributed by atoms with van der Waals surface area (Å²) in [7, 11) is 1.63. The number of nitrogens with zero attached hydrogens (tertiary/aromatic N) is 4. The largest absolute Gasteiger partial charge is 0.497 e. The maximum absolute atomic E-state index is 13.2. The minimum Gasteiger partial charge on any atom is -0.497 e. The lowest BCUT2D eigenvalue weighted by molar-refractivity contribution is 0.415. The van der Waals surface area contributed by atoms with Crippen LogP contribution in [0, 0.1) is 5.82 Å². The van der Waals surface area contributed by atoms with Crippen molar-refractivity contribution < 1.29 is 9.13 Å². The molecule has 1 aromatic heterocycles. The van der Waals surface area contributed by atoms with Gasteiger partial charge in [0.2, 0.25) is 5.95 Å². The SMILES string of the molecule is COc1ccc(C2=C[C@H](c3ccc(F)cc3)n3nnnc3N2)cc1. The second kappa shape index (κ2) is 5.77. The van der Waals surface area contributed by atoms with Crippen molar-refractivity contribution in [1.29, 1.82) is 0 Å². The van der Waals surface area contributed by atoms with Crippen LogP contribution in [0.2, 0.25) is 0 Å². The second-order valence-electron chi connectivity index (χ2n) is 5.38. The van der Waals surface area contributed by atoms with Gasteiger partial charge in [0.1, 0.15) is 17.6 Å². The van der Waals surface area contributed by atoms with Crippen LogP contribution in [0.4, 0.5) is 10.3 Å². The van der Waals surface area contributed by atoms with Crippen molar-refractivity contribution in [3.05, 3.63) is 71.6 Å². The molecule has 0 aliphatic carbocycles. The van der Waals surface area contributed by atoms with Crippen LogP contribution < -0.4 is 10.1 Å². The maximum Gasteiger partial charge on any atom is 0.248 e. The molecular weight excluding hydrogens is 309 g/mol. The summed E-state index contributed by atoms with van der Waals surface area (Å²) in [5.41, 5.74) is 2.77. The zero-order chi connectivity index (χ0) is 16.5. The van der Waals surface area contributed by atoms with E-state index >= 15 is 0 Å². The van der Waals surface area contributed by atoms with E-state index in [4.69, 9.17) is 4.74 Å². The summed E-state index contributed by atoms with van der Waals surface area (Å²) in [6.45, 7) is 0. The molecule has 0 amide bonds. The van der Waals surface area contributed by atoms with Gasteiger partial charge in [-0.1, -0.05) is 17.2 Å². The van der Waals surface area contributed by atoms with Crippen LogP contribution in [-0.4, -0.2) is 27.3 Å². The van der Waals surface area contributed by atoms with Crippen LogP contribution in [-0.2, 0) is 0 Å². The Morgan fingerprint density at radius 2 is 1.83 bits per heavy atom. The van der Waals surface area contributed by atoms with Gasteiger partial charge in [0.25, 0.3) is 0 Å². The lowest BCUT2D eigenvalue weighted by Gasteiger charge is -2.23. The zero-order valence-electron chi connectivity index (χ0n) is 12.8. The number of fused-ring (bicyclic) bond motifs is 1. The van der Waals surface area contributed by atoms with E-state index in [2.05, 4.69) is 20.8 Å². The Morgan fingerprint density at radius 1 is 1.08 bits per heavy atom. The Kier molecular flexibility index (Phi) is 3.45. The lowest BCUT2D eigenvalue weighted by Crippen LogP contribution is -2.20. The van der Waals surface area contributed by atoms with E-state index < -0.39 is 0 Å². The predicted octanol–water partition coefficient (Wildman–Crippen LogP) is 2.88. The molecule has 0 unspecified atom stereocenters. The van der Waals surface area contributed by atoms with Crippen LogP contribution in [0.25, 0.3) is 5.70 Å². The Balaban J connectivity index is 1.76.